The average Bonchev–Trinajstić information content (AvgIpc) is 2.73. The van der Waals surface area contributed by atoms with Crippen LogP contribution in [0, 0.1) is 0 Å². The summed E-state index contributed by atoms with van der Waals surface area (Å²) in [6, 6.07) is 0. The molecule has 4 atom stereocenters. The summed E-state index contributed by atoms with van der Waals surface area (Å²) >= 11 is 0. The first-order chi connectivity index (χ1) is 13.9. The highest BCUT2D eigenvalue weighted by molar-refractivity contribution is 4.77. The van der Waals surface area contributed by atoms with Crippen LogP contribution in [0.25, 0.3) is 0 Å². The number of ether oxygens (including phenoxy) is 8. The van der Waals surface area contributed by atoms with Gasteiger partial charge in [-0.05, 0) is 25.7 Å². The Balaban J connectivity index is 1.41. The molecule has 1 aliphatic heterocycles. The summed E-state index contributed by atoms with van der Waals surface area (Å²) in [6.45, 7) is 2.91. The van der Waals surface area contributed by atoms with Gasteiger partial charge in [0.1, 0.15) is 27.2 Å². The lowest BCUT2D eigenvalue weighted by Crippen LogP contribution is -2.36. The fourth-order valence-corrected chi connectivity index (χ4v) is 3.90. The maximum absolute atomic E-state index is 5.87. The van der Waals surface area contributed by atoms with Crippen LogP contribution < -0.4 is 0 Å². The van der Waals surface area contributed by atoms with Gasteiger partial charge in [0.15, 0.2) is 0 Å². The quantitative estimate of drug-likeness (QED) is 0.610. The highest BCUT2D eigenvalue weighted by Gasteiger charge is 2.27. The largest absolute Gasteiger partial charge is 0.353 e. The second-order valence-corrected chi connectivity index (χ2v) is 7.49. The van der Waals surface area contributed by atoms with Crippen molar-refractivity contribution < 1.29 is 37.9 Å². The van der Waals surface area contributed by atoms with Crippen LogP contribution in [-0.2, 0) is 37.9 Å². The summed E-state index contributed by atoms with van der Waals surface area (Å²) in [5.74, 6) is 0. The monoisotopic (exact) mass is 404 g/mol. The fraction of sp³-hybridized carbons (Fsp3) is 1.00. The summed E-state index contributed by atoms with van der Waals surface area (Å²) < 4.78 is 45.6. The molecule has 3 aliphatic rings. The van der Waals surface area contributed by atoms with Gasteiger partial charge < -0.3 is 37.9 Å². The van der Waals surface area contributed by atoms with E-state index < -0.39 is 0 Å². The van der Waals surface area contributed by atoms with Crippen LogP contribution in [0.5, 0.6) is 0 Å². The van der Waals surface area contributed by atoms with Crippen molar-refractivity contribution in [2.75, 3.05) is 53.6 Å². The van der Waals surface area contributed by atoms with Crippen LogP contribution >= 0.6 is 0 Å². The molecule has 2 aliphatic carbocycles. The molecule has 3 fully saturated rings. The lowest BCUT2D eigenvalue weighted by molar-refractivity contribution is -0.200. The molecule has 0 amide bonds. The predicted octanol–water partition coefficient (Wildman–Crippen LogP) is 2.59. The third-order valence-electron chi connectivity index (χ3n) is 5.49. The van der Waals surface area contributed by atoms with Crippen molar-refractivity contribution >= 4 is 0 Å². The molecule has 0 aromatic rings. The zero-order chi connectivity index (χ0) is 19.3. The van der Waals surface area contributed by atoms with Crippen molar-refractivity contribution in [3.63, 3.8) is 0 Å². The van der Waals surface area contributed by atoms with E-state index in [2.05, 4.69) is 0 Å². The van der Waals surface area contributed by atoms with Crippen molar-refractivity contribution in [2.45, 2.75) is 75.8 Å². The van der Waals surface area contributed by atoms with E-state index in [4.69, 9.17) is 37.9 Å². The van der Waals surface area contributed by atoms with Crippen molar-refractivity contribution in [3.05, 3.63) is 0 Å². The zero-order valence-corrected chi connectivity index (χ0v) is 16.9. The second-order valence-electron chi connectivity index (χ2n) is 7.49. The third kappa shape index (κ3) is 8.20. The summed E-state index contributed by atoms with van der Waals surface area (Å²) in [7, 11) is 0. The summed E-state index contributed by atoms with van der Waals surface area (Å²) in [5.41, 5.74) is 0. The van der Waals surface area contributed by atoms with E-state index in [0.29, 0.717) is 26.4 Å². The smallest absolute Gasteiger partial charge is 0.147 e. The SMILES string of the molecule is C1CCC2OCOCCOCOC3CCCCC3OCOCCOCOC2C1. The lowest BCUT2D eigenvalue weighted by atomic mass is 9.95. The minimum atomic E-state index is 0.0556. The molecule has 8 nitrogen and oxygen atoms in total. The first-order valence-electron chi connectivity index (χ1n) is 10.7. The minimum absolute atomic E-state index is 0.0556. The Morgan fingerprint density at radius 1 is 0.357 bits per heavy atom. The van der Waals surface area contributed by atoms with Gasteiger partial charge in [0, 0.05) is 0 Å². The van der Waals surface area contributed by atoms with E-state index in [1.807, 2.05) is 0 Å². The van der Waals surface area contributed by atoms with Crippen molar-refractivity contribution in [2.24, 2.45) is 0 Å². The molecular formula is C20H36O8. The van der Waals surface area contributed by atoms with E-state index in [-0.39, 0.29) is 51.6 Å². The highest BCUT2D eigenvalue weighted by Crippen LogP contribution is 2.25. The minimum Gasteiger partial charge on any atom is -0.353 e. The molecule has 0 radical (unpaired) electrons. The average molecular weight is 405 g/mol. The first-order valence-corrected chi connectivity index (χ1v) is 10.7. The molecule has 0 spiro atoms. The molecule has 0 bridgehead atoms. The van der Waals surface area contributed by atoms with Crippen LogP contribution in [0.2, 0.25) is 0 Å². The maximum Gasteiger partial charge on any atom is 0.147 e. The molecule has 2 saturated carbocycles. The van der Waals surface area contributed by atoms with Crippen LogP contribution in [0.1, 0.15) is 51.4 Å². The lowest BCUT2D eigenvalue weighted by Gasteiger charge is -2.31. The van der Waals surface area contributed by atoms with Gasteiger partial charge in [0.2, 0.25) is 0 Å². The van der Waals surface area contributed by atoms with Crippen LogP contribution in [0.3, 0.4) is 0 Å². The third-order valence-corrected chi connectivity index (χ3v) is 5.49. The fourth-order valence-electron chi connectivity index (χ4n) is 3.90. The number of hydrogen-bond donors (Lipinski definition) is 0. The molecule has 28 heavy (non-hydrogen) atoms. The molecule has 0 aromatic carbocycles. The number of rotatable bonds is 0. The maximum atomic E-state index is 5.87. The summed E-state index contributed by atoms with van der Waals surface area (Å²) in [5, 5.41) is 0. The van der Waals surface area contributed by atoms with Gasteiger partial charge >= 0.3 is 0 Å². The molecule has 164 valence electrons. The van der Waals surface area contributed by atoms with Crippen LogP contribution in [-0.4, -0.2) is 78.0 Å². The molecule has 4 unspecified atom stereocenters. The summed E-state index contributed by atoms with van der Waals surface area (Å²) in [6.07, 6.45) is 8.79. The molecule has 1 saturated heterocycles. The Kier molecular flexibility index (Phi) is 11.0. The Hall–Kier alpha value is -0.320. The predicted molar refractivity (Wildman–Crippen MR) is 99.7 cm³/mol. The van der Waals surface area contributed by atoms with Gasteiger partial charge in [0.05, 0.1) is 50.8 Å². The molecular weight excluding hydrogens is 368 g/mol. The normalized spacial score (nSPS) is 36.0. The van der Waals surface area contributed by atoms with E-state index in [1.165, 1.54) is 0 Å². The standard InChI is InChI=1S/C20H36O8/c1-2-6-18-17(5-1)25-13-21-9-10-23-15-27-19-7-3-4-8-20(19)28-16-24-12-11-22-14-26-18/h17-20H,1-16H2. The van der Waals surface area contributed by atoms with Gasteiger partial charge in [-0.2, -0.15) is 0 Å². The number of hydrogen-bond acceptors (Lipinski definition) is 8. The van der Waals surface area contributed by atoms with Crippen LogP contribution in [0.4, 0.5) is 0 Å². The van der Waals surface area contributed by atoms with Gasteiger partial charge in [-0.1, -0.05) is 25.7 Å². The van der Waals surface area contributed by atoms with Gasteiger partial charge in [0.25, 0.3) is 0 Å². The highest BCUT2D eigenvalue weighted by atomic mass is 16.7. The molecule has 8 heteroatoms. The Bertz CT molecular complexity index is 324. The van der Waals surface area contributed by atoms with E-state index in [9.17, 15) is 0 Å². The molecule has 1 heterocycles. The van der Waals surface area contributed by atoms with E-state index in [0.717, 1.165) is 51.4 Å². The van der Waals surface area contributed by atoms with Gasteiger partial charge in [-0.3, -0.25) is 0 Å². The topological polar surface area (TPSA) is 73.8 Å². The second kappa shape index (κ2) is 13.8. The van der Waals surface area contributed by atoms with E-state index in [1.54, 1.807) is 0 Å². The first kappa shape index (κ1) is 22.4. The van der Waals surface area contributed by atoms with Crippen molar-refractivity contribution in [1.82, 2.24) is 0 Å². The zero-order valence-electron chi connectivity index (χ0n) is 16.9. The van der Waals surface area contributed by atoms with Gasteiger partial charge in [-0.25, -0.2) is 0 Å². The summed E-state index contributed by atoms with van der Waals surface area (Å²) in [4.78, 5) is 0. The molecule has 3 rings (SSSR count). The number of fused-ring (bicyclic) bond motifs is 2. The van der Waals surface area contributed by atoms with Gasteiger partial charge in [-0.15, -0.1) is 0 Å². The van der Waals surface area contributed by atoms with Crippen LogP contribution in [0.15, 0.2) is 0 Å². The Morgan fingerprint density at radius 3 is 0.857 bits per heavy atom. The molecule has 0 N–H and O–H groups in total. The van der Waals surface area contributed by atoms with E-state index >= 15 is 0 Å². The van der Waals surface area contributed by atoms with Crippen molar-refractivity contribution in [3.8, 4) is 0 Å². The van der Waals surface area contributed by atoms with Crippen molar-refractivity contribution in [1.29, 1.82) is 0 Å². The Morgan fingerprint density at radius 2 is 0.607 bits per heavy atom. The molecule has 0 aromatic heterocycles. The Labute approximate surface area is 168 Å².